The van der Waals surface area contributed by atoms with Crippen molar-refractivity contribution in [2.75, 3.05) is 6.61 Å². The van der Waals surface area contributed by atoms with Gasteiger partial charge in [0.1, 0.15) is 11.5 Å². The number of nitrogens with one attached hydrogen (secondary N) is 2. The molecule has 0 saturated heterocycles. The summed E-state index contributed by atoms with van der Waals surface area (Å²) in [6, 6.07) is 0. The van der Waals surface area contributed by atoms with Gasteiger partial charge in [-0.3, -0.25) is 10.9 Å². The fourth-order valence-electron chi connectivity index (χ4n) is 0.724. The van der Waals surface area contributed by atoms with Crippen LogP contribution >= 0.6 is 0 Å². The van der Waals surface area contributed by atoms with Gasteiger partial charge in [-0.1, -0.05) is 0 Å². The average Bonchev–Trinajstić information content (AvgIpc) is 2.06. The predicted molar refractivity (Wildman–Crippen MR) is 43.3 cm³/mol. The van der Waals surface area contributed by atoms with E-state index in [1.54, 1.807) is 19.1 Å². The third kappa shape index (κ3) is 1.91. The molecule has 1 aliphatic rings. The second-order valence-electron chi connectivity index (χ2n) is 2.17. The van der Waals surface area contributed by atoms with Crippen LogP contribution in [0.2, 0.25) is 0 Å². The minimum Gasteiger partial charge on any atom is -0.461 e. The quantitative estimate of drug-likeness (QED) is 0.478. The van der Waals surface area contributed by atoms with Gasteiger partial charge in [-0.15, -0.1) is 0 Å². The lowest BCUT2D eigenvalue weighted by molar-refractivity contribution is -0.139. The van der Waals surface area contributed by atoms with Crippen LogP contribution in [0.1, 0.15) is 6.92 Å². The van der Waals surface area contributed by atoms with E-state index >= 15 is 0 Å². The van der Waals surface area contributed by atoms with Crippen molar-refractivity contribution in [1.82, 2.24) is 10.9 Å². The van der Waals surface area contributed by atoms with E-state index in [2.05, 4.69) is 10.9 Å². The Bertz CT molecular complexity index is 245. The highest BCUT2D eigenvalue weighted by Gasteiger charge is 2.11. The van der Waals surface area contributed by atoms with Crippen molar-refractivity contribution in [3.05, 3.63) is 23.7 Å². The van der Waals surface area contributed by atoms with E-state index in [1.807, 2.05) is 0 Å². The molecule has 5 nitrogen and oxygen atoms in total. The minimum atomic E-state index is -0.395. The van der Waals surface area contributed by atoms with Gasteiger partial charge in [0.2, 0.25) is 0 Å². The number of allylic oxidation sites excluding steroid dienone is 2. The maximum absolute atomic E-state index is 11.0. The van der Waals surface area contributed by atoms with Crippen molar-refractivity contribution in [3.63, 3.8) is 0 Å². The van der Waals surface area contributed by atoms with Gasteiger partial charge in [0.15, 0.2) is 0 Å². The monoisotopic (exact) mass is 169 g/mol. The van der Waals surface area contributed by atoms with Crippen LogP contribution in [0.15, 0.2) is 23.7 Å². The molecule has 0 spiro atoms. The highest BCUT2D eigenvalue weighted by molar-refractivity contribution is 5.88. The molecule has 1 rings (SSSR count). The maximum Gasteiger partial charge on any atom is 0.356 e. The summed E-state index contributed by atoms with van der Waals surface area (Å²) in [4.78, 5) is 11.0. The van der Waals surface area contributed by atoms with Crippen molar-refractivity contribution >= 4 is 5.97 Å². The molecular formula is C7H11N3O2. The molecule has 0 amide bonds. The second-order valence-corrected chi connectivity index (χ2v) is 2.17. The van der Waals surface area contributed by atoms with Crippen LogP contribution in [0, 0.1) is 0 Å². The Balaban J connectivity index is 2.59. The molecule has 0 radical (unpaired) electrons. The van der Waals surface area contributed by atoms with Crippen LogP contribution in [0.3, 0.4) is 0 Å². The van der Waals surface area contributed by atoms with Gasteiger partial charge in [-0.05, 0) is 19.1 Å². The summed E-state index contributed by atoms with van der Waals surface area (Å²) in [5.41, 5.74) is 10.9. The molecule has 0 aliphatic carbocycles. The van der Waals surface area contributed by atoms with Gasteiger partial charge in [-0.25, -0.2) is 4.79 Å². The van der Waals surface area contributed by atoms with Crippen LogP contribution in [0.4, 0.5) is 0 Å². The summed E-state index contributed by atoms with van der Waals surface area (Å²) in [6.07, 6.45) is 3.15. The van der Waals surface area contributed by atoms with E-state index in [4.69, 9.17) is 10.5 Å². The number of hydrogen-bond donors (Lipinski definition) is 3. The predicted octanol–water partition coefficient (Wildman–Crippen LogP) is -0.659. The Morgan fingerprint density at radius 1 is 1.58 bits per heavy atom. The molecule has 0 aromatic heterocycles. The molecule has 0 unspecified atom stereocenters. The zero-order chi connectivity index (χ0) is 8.97. The van der Waals surface area contributed by atoms with Gasteiger partial charge in [0.05, 0.1) is 6.61 Å². The lowest BCUT2D eigenvalue weighted by atomic mass is 10.3. The SMILES string of the molecule is CCOC(=O)C1=CC=C(N)NN1. The smallest absolute Gasteiger partial charge is 0.356 e. The normalized spacial score (nSPS) is 15.1. The van der Waals surface area contributed by atoms with Crippen molar-refractivity contribution in [3.8, 4) is 0 Å². The summed E-state index contributed by atoms with van der Waals surface area (Å²) < 4.78 is 4.74. The summed E-state index contributed by atoms with van der Waals surface area (Å²) >= 11 is 0. The maximum atomic E-state index is 11.0. The Hall–Kier alpha value is -1.65. The van der Waals surface area contributed by atoms with Gasteiger partial charge < -0.3 is 10.5 Å². The molecule has 5 heteroatoms. The van der Waals surface area contributed by atoms with Crippen LogP contribution in [0.25, 0.3) is 0 Å². The fourth-order valence-corrected chi connectivity index (χ4v) is 0.724. The number of carbonyl (C=O) groups excluding carboxylic acids is 1. The van der Waals surface area contributed by atoms with Crippen LogP contribution in [0.5, 0.6) is 0 Å². The van der Waals surface area contributed by atoms with Gasteiger partial charge in [-0.2, -0.15) is 0 Å². The first-order chi connectivity index (χ1) is 5.74. The number of esters is 1. The number of rotatable bonds is 2. The largest absolute Gasteiger partial charge is 0.461 e. The molecular weight excluding hydrogens is 158 g/mol. The highest BCUT2D eigenvalue weighted by Crippen LogP contribution is 1.98. The first kappa shape index (κ1) is 8.45. The highest BCUT2D eigenvalue weighted by atomic mass is 16.5. The van der Waals surface area contributed by atoms with Crippen molar-refractivity contribution < 1.29 is 9.53 Å². The van der Waals surface area contributed by atoms with E-state index < -0.39 is 5.97 Å². The summed E-state index contributed by atoms with van der Waals surface area (Å²) in [6.45, 7) is 2.11. The lowest BCUT2D eigenvalue weighted by Gasteiger charge is -2.14. The summed E-state index contributed by atoms with van der Waals surface area (Å²) in [7, 11) is 0. The van der Waals surface area contributed by atoms with Gasteiger partial charge >= 0.3 is 5.97 Å². The molecule has 0 aromatic rings. The molecule has 1 heterocycles. The molecule has 0 aromatic carbocycles. The third-order valence-corrected chi connectivity index (χ3v) is 1.27. The van der Waals surface area contributed by atoms with Crippen molar-refractivity contribution in [2.45, 2.75) is 6.92 Å². The van der Waals surface area contributed by atoms with E-state index in [0.717, 1.165) is 0 Å². The number of hydrogen-bond acceptors (Lipinski definition) is 5. The Kier molecular flexibility index (Phi) is 2.57. The van der Waals surface area contributed by atoms with Crippen molar-refractivity contribution in [1.29, 1.82) is 0 Å². The Morgan fingerprint density at radius 3 is 2.83 bits per heavy atom. The molecule has 66 valence electrons. The molecule has 0 atom stereocenters. The Morgan fingerprint density at radius 2 is 2.33 bits per heavy atom. The van der Waals surface area contributed by atoms with E-state index in [-0.39, 0.29) is 0 Å². The first-order valence-corrected chi connectivity index (χ1v) is 3.60. The summed E-state index contributed by atoms with van der Waals surface area (Å²) in [5.74, 6) is 0.0665. The molecule has 0 fully saturated rings. The van der Waals surface area contributed by atoms with Gasteiger partial charge in [0.25, 0.3) is 0 Å². The number of hydrazine groups is 1. The topological polar surface area (TPSA) is 76.4 Å². The van der Waals surface area contributed by atoms with E-state index in [9.17, 15) is 4.79 Å². The van der Waals surface area contributed by atoms with Crippen molar-refractivity contribution in [2.24, 2.45) is 5.73 Å². The number of ether oxygens (including phenoxy) is 1. The van der Waals surface area contributed by atoms with E-state index in [1.165, 1.54) is 0 Å². The zero-order valence-electron chi connectivity index (χ0n) is 6.76. The third-order valence-electron chi connectivity index (χ3n) is 1.27. The standard InChI is InChI=1S/C7H11N3O2/c1-2-12-7(11)5-3-4-6(8)10-9-5/h3-4,9-10H,2,8H2,1H3. The molecule has 1 aliphatic heterocycles. The molecule has 4 N–H and O–H groups in total. The van der Waals surface area contributed by atoms with E-state index in [0.29, 0.717) is 18.1 Å². The number of nitrogens with two attached hydrogens (primary N) is 1. The summed E-state index contributed by atoms with van der Waals surface area (Å²) in [5, 5.41) is 0. The van der Waals surface area contributed by atoms with Crippen LogP contribution in [-0.2, 0) is 9.53 Å². The molecule has 12 heavy (non-hydrogen) atoms. The minimum absolute atomic E-state index is 0.353. The van der Waals surface area contributed by atoms with Gasteiger partial charge in [0, 0.05) is 0 Å². The number of carbonyl (C=O) groups is 1. The second kappa shape index (κ2) is 3.66. The van der Waals surface area contributed by atoms with Crippen LogP contribution in [-0.4, -0.2) is 12.6 Å². The Labute approximate surface area is 70.2 Å². The first-order valence-electron chi connectivity index (χ1n) is 3.60. The molecule has 0 bridgehead atoms. The average molecular weight is 169 g/mol. The lowest BCUT2D eigenvalue weighted by Crippen LogP contribution is -2.39. The van der Waals surface area contributed by atoms with Crippen LogP contribution < -0.4 is 16.6 Å². The fraction of sp³-hybridized carbons (Fsp3) is 0.286. The zero-order valence-corrected chi connectivity index (χ0v) is 6.76. The molecule has 0 saturated carbocycles.